The molecule has 5 heteroatoms. The first-order valence-electron chi connectivity index (χ1n) is 5.37. The third-order valence-electron chi connectivity index (χ3n) is 2.75. The number of nitrogens with two attached hydrogens (primary N) is 1. The molecule has 90 valence electrons. The molecule has 0 unspecified atom stereocenters. The number of benzene rings is 1. The van der Waals surface area contributed by atoms with Gasteiger partial charge in [0.1, 0.15) is 11.6 Å². The zero-order valence-electron chi connectivity index (χ0n) is 9.34. The summed E-state index contributed by atoms with van der Waals surface area (Å²) in [6.45, 7) is 0. The van der Waals surface area contributed by atoms with Gasteiger partial charge in [-0.05, 0) is 36.4 Å². The number of anilines is 1. The lowest BCUT2D eigenvalue weighted by molar-refractivity contribution is 0.475. The Morgan fingerprint density at radius 2 is 1.89 bits per heavy atom. The minimum atomic E-state index is 0.218. The van der Waals surface area contributed by atoms with Crippen molar-refractivity contribution in [1.82, 2.24) is 9.38 Å². The molecular weight excluding hydrogens is 250 g/mol. The van der Waals surface area contributed by atoms with Crippen molar-refractivity contribution in [3.63, 3.8) is 0 Å². The summed E-state index contributed by atoms with van der Waals surface area (Å²) in [5, 5.41) is 9.70. The number of halogens is 1. The van der Waals surface area contributed by atoms with Crippen molar-refractivity contribution >= 4 is 22.8 Å². The van der Waals surface area contributed by atoms with Gasteiger partial charge in [0.25, 0.3) is 0 Å². The molecule has 2 heterocycles. The third kappa shape index (κ3) is 1.67. The molecule has 2 aromatic heterocycles. The van der Waals surface area contributed by atoms with Crippen LogP contribution in [0.5, 0.6) is 5.75 Å². The summed E-state index contributed by atoms with van der Waals surface area (Å²) in [4.78, 5) is 4.32. The summed E-state index contributed by atoms with van der Waals surface area (Å²) < 4.78 is 1.87. The minimum absolute atomic E-state index is 0.218. The van der Waals surface area contributed by atoms with E-state index in [9.17, 15) is 5.11 Å². The van der Waals surface area contributed by atoms with E-state index in [2.05, 4.69) is 4.98 Å². The lowest BCUT2D eigenvalue weighted by Gasteiger charge is -2.02. The number of hydrogen-bond acceptors (Lipinski definition) is 3. The first-order chi connectivity index (χ1) is 8.65. The molecule has 4 nitrogen and oxygen atoms in total. The monoisotopic (exact) mass is 259 g/mol. The third-order valence-corrected chi connectivity index (χ3v) is 3.03. The Labute approximate surface area is 108 Å². The van der Waals surface area contributed by atoms with Crippen LogP contribution >= 0.6 is 11.6 Å². The van der Waals surface area contributed by atoms with Crippen LogP contribution in [0.2, 0.25) is 5.15 Å². The lowest BCUT2D eigenvalue weighted by Crippen LogP contribution is -1.91. The van der Waals surface area contributed by atoms with Crippen molar-refractivity contribution in [2.75, 3.05) is 5.73 Å². The topological polar surface area (TPSA) is 63.5 Å². The quantitative estimate of drug-likeness (QED) is 0.706. The number of phenols is 1. The van der Waals surface area contributed by atoms with Crippen molar-refractivity contribution in [2.24, 2.45) is 0 Å². The highest BCUT2D eigenvalue weighted by atomic mass is 35.5. The van der Waals surface area contributed by atoms with E-state index in [1.807, 2.05) is 10.6 Å². The van der Waals surface area contributed by atoms with E-state index in [0.717, 1.165) is 16.9 Å². The Morgan fingerprint density at radius 3 is 2.61 bits per heavy atom. The van der Waals surface area contributed by atoms with Gasteiger partial charge >= 0.3 is 0 Å². The highest BCUT2D eigenvalue weighted by Gasteiger charge is 2.11. The number of fused-ring (bicyclic) bond motifs is 1. The van der Waals surface area contributed by atoms with Gasteiger partial charge in [0.05, 0.1) is 5.52 Å². The molecule has 3 N–H and O–H groups in total. The number of nitrogen functional groups attached to an aromatic ring is 1. The number of pyridine rings is 1. The van der Waals surface area contributed by atoms with Crippen LogP contribution in [0.4, 0.5) is 5.69 Å². The highest BCUT2D eigenvalue weighted by Crippen LogP contribution is 2.27. The van der Waals surface area contributed by atoms with E-state index in [-0.39, 0.29) is 5.75 Å². The fraction of sp³-hybridized carbons (Fsp3) is 0. The largest absolute Gasteiger partial charge is 0.508 e. The summed E-state index contributed by atoms with van der Waals surface area (Å²) in [6, 6.07) is 10.4. The molecule has 0 spiro atoms. The molecule has 0 aliphatic heterocycles. The van der Waals surface area contributed by atoms with Crippen LogP contribution < -0.4 is 5.73 Å². The summed E-state index contributed by atoms with van der Waals surface area (Å²) in [7, 11) is 0. The molecule has 0 atom stereocenters. The fourth-order valence-electron chi connectivity index (χ4n) is 1.88. The van der Waals surface area contributed by atoms with Crippen molar-refractivity contribution in [2.45, 2.75) is 0 Å². The maximum Gasteiger partial charge on any atom is 0.155 e. The standard InChI is InChI=1S/C13H10ClN3O/c14-12-11-7-9(15)5-6-17(11)13(16-12)8-1-3-10(18)4-2-8/h1-7,18H,15H2. The van der Waals surface area contributed by atoms with Gasteiger partial charge in [-0.3, -0.25) is 4.40 Å². The second kappa shape index (κ2) is 3.92. The molecule has 0 aliphatic rings. The molecule has 0 saturated carbocycles. The maximum absolute atomic E-state index is 9.29. The molecule has 3 aromatic rings. The number of aromatic nitrogens is 2. The number of aromatic hydroxyl groups is 1. The molecule has 0 fully saturated rings. The van der Waals surface area contributed by atoms with Crippen LogP contribution in [0.1, 0.15) is 0 Å². The van der Waals surface area contributed by atoms with Gasteiger partial charge in [-0.2, -0.15) is 0 Å². The van der Waals surface area contributed by atoms with Gasteiger partial charge in [0.2, 0.25) is 0 Å². The lowest BCUT2D eigenvalue weighted by atomic mass is 10.2. The van der Waals surface area contributed by atoms with Gasteiger partial charge in [0, 0.05) is 17.4 Å². The van der Waals surface area contributed by atoms with E-state index >= 15 is 0 Å². The van der Waals surface area contributed by atoms with E-state index in [0.29, 0.717) is 10.8 Å². The van der Waals surface area contributed by atoms with Crippen LogP contribution in [0.3, 0.4) is 0 Å². The Hall–Kier alpha value is -2.20. The molecule has 0 amide bonds. The minimum Gasteiger partial charge on any atom is -0.508 e. The van der Waals surface area contributed by atoms with E-state index in [1.54, 1.807) is 36.4 Å². The van der Waals surface area contributed by atoms with Crippen LogP contribution in [-0.2, 0) is 0 Å². The smallest absolute Gasteiger partial charge is 0.155 e. The van der Waals surface area contributed by atoms with Crippen molar-refractivity contribution in [3.05, 3.63) is 47.7 Å². The Balaban J connectivity index is 2.26. The van der Waals surface area contributed by atoms with Crippen LogP contribution in [-0.4, -0.2) is 14.5 Å². The molecule has 0 aliphatic carbocycles. The molecule has 0 radical (unpaired) electrons. The predicted molar refractivity (Wildman–Crippen MR) is 71.7 cm³/mol. The van der Waals surface area contributed by atoms with Crippen molar-refractivity contribution in [1.29, 1.82) is 0 Å². The number of rotatable bonds is 1. The predicted octanol–water partition coefficient (Wildman–Crippen LogP) is 2.94. The fourth-order valence-corrected chi connectivity index (χ4v) is 2.10. The van der Waals surface area contributed by atoms with Crippen LogP contribution in [0.15, 0.2) is 42.6 Å². The maximum atomic E-state index is 9.29. The van der Waals surface area contributed by atoms with E-state index in [1.165, 1.54) is 0 Å². The molecule has 0 bridgehead atoms. The van der Waals surface area contributed by atoms with E-state index < -0.39 is 0 Å². The molecule has 3 rings (SSSR count). The second-order valence-electron chi connectivity index (χ2n) is 3.99. The average Bonchev–Trinajstić information content (AvgIpc) is 2.68. The first kappa shape index (κ1) is 10.9. The Bertz CT molecular complexity index is 719. The highest BCUT2D eigenvalue weighted by molar-refractivity contribution is 6.33. The Morgan fingerprint density at radius 1 is 1.17 bits per heavy atom. The normalized spacial score (nSPS) is 10.9. The summed E-state index contributed by atoms with van der Waals surface area (Å²) in [6.07, 6.45) is 1.83. The molecular formula is C13H10ClN3O. The molecule has 0 saturated heterocycles. The average molecular weight is 260 g/mol. The second-order valence-corrected chi connectivity index (χ2v) is 4.35. The zero-order valence-corrected chi connectivity index (χ0v) is 10.1. The zero-order chi connectivity index (χ0) is 12.7. The summed E-state index contributed by atoms with van der Waals surface area (Å²) in [5.41, 5.74) is 8.01. The molecule has 1 aromatic carbocycles. The van der Waals surface area contributed by atoms with Gasteiger partial charge in [-0.1, -0.05) is 11.6 Å². The number of imidazole rings is 1. The summed E-state index contributed by atoms with van der Waals surface area (Å²) in [5.74, 6) is 0.935. The van der Waals surface area contributed by atoms with Gasteiger partial charge in [0.15, 0.2) is 5.15 Å². The van der Waals surface area contributed by atoms with Gasteiger partial charge in [-0.25, -0.2) is 4.98 Å². The SMILES string of the molecule is Nc1ccn2c(-c3ccc(O)cc3)nc(Cl)c2c1. The molecule has 18 heavy (non-hydrogen) atoms. The van der Waals surface area contributed by atoms with Crippen molar-refractivity contribution in [3.8, 4) is 17.1 Å². The van der Waals surface area contributed by atoms with E-state index in [4.69, 9.17) is 17.3 Å². The van der Waals surface area contributed by atoms with Crippen LogP contribution in [0, 0.1) is 0 Å². The number of hydrogen-bond donors (Lipinski definition) is 2. The van der Waals surface area contributed by atoms with Gasteiger partial charge < -0.3 is 10.8 Å². The Kier molecular flexibility index (Phi) is 2.38. The number of nitrogens with zero attached hydrogens (tertiary/aromatic N) is 2. The summed E-state index contributed by atoms with van der Waals surface area (Å²) >= 11 is 6.09. The number of phenolic OH excluding ortho intramolecular Hbond substituents is 1. The van der Waals surface area contributed by atoms with Crippen molar-refractivity contribution < 1.29 is 5.11 Å². The van der Waals surface area contributed by atoms with Crippen LogP contribution in [0.25, 0.3) is 16.9 Å². The first-order valence-corrected chi connectivity index (χ1v) is 5.75. The van der Waals surface area contributed by atoms with Gasteiger partial charge in [-0.15, -0.1) is 0 Å².